The molecule has 6 nitrogen and oxygen atoms in total. The minimum Gasteiger partial charge on any atom is -0.381 e. The molecule has 0 spiro atoms. The molecule has 13 heteroatoms. The largest absolute Gasteiger partial charge is 0.416 e. The van der Waals surface area contributed by atoms with Gasteiger partial charge in [0.15, 0.2) is 11.5 Å². The zero-order valence-corrected chi connectivity index (χ0v) is 19.6. The molecule has 3 rings (SSSR count). The smallest absolute Gasteiger partial charge is 0.381 e. The lowest BCUT2D eigenvalue weighted by Gasteiger charge is -2.09. The van der Waals surface area contributed by atoms with Crippen LogP contribution in [0.5, 0.6) is 0 Å². The average Bonchev–Trinajstić information content (AvgIpc) is 3.21. The van der Waals surface area contributed by atoms with E-state index in [1.54, 1.807) is 24.3 Å². The highest BCUT2D eigenvalue weighted by Crippen LogP contribution is 2.32. The lowest BCUT2D eigenvalue weighted by molar-refractivity contribution is -0.137. The first-order valence-corrected chi connectivity index (χ1v) is 12.2. The van der Waals surface area contributed by atoms with E-state index in [2.05, 4.69) is 10.4 Å². The zero-order valence-electron chi connectivity index (χ0n) is 18.8. The van der Waals surface area contributed by atoms with Crippen molar-refractivity contribution in [3.8, 4) is 11.3 Å². The molecule has 194 valence electrons. The summed E-state index contributed by atoms with van der Waals surface area (Å²) in [6.07, 6.45) is -7.67. The Morgan fingerprint density at radius 1 is 0.972 bits per heavy atom. The molecule has 2 aromatic carbocycles. The van der Waals surface area contributed by atoms with Gasteiger partial charge in [0.25, 0.3) is 10.0 Å². The van der Waals surface area contributed by atoms with Gasteiger partial charge in [0, 0.05) is 41.5 Å². The maximum absolute atomic E-state index is 12.9. The van der Waals surface area contributed by atoms with Gasteiger partial charge in [-0.3, -0.25) is 4.79 Å². The highest BCUT2D eigenvalue weighted by Gasteiger charge is 2.37. The minimum absolute atomic E-state index is 0.0372. The molecule has 0 amide bonds. The topological polar surface area (TPSA) is 81.1 Å². The summed E-state index contributed by atoms with van der Waals surface area (Å²) in [7, 11) is -4.93. The molecule has 0 saturated heterocycles. The third-order valence-electron chi connectivity index (χ3n) is 5.05. The summed E-state index contributed by atoms with van der Waals surface area (Å²) in [5.41, 5.74) is 0.184. The minimum atomic E-state index is -5.02. The number of hydrogen-bond acceptors (Lipinski definition) is 5. The summed E-state index contributed by atoms with van der Waals surface area (Å²) in [4.78, 5) is 12.0. The number of anilines is 1. The van der Waals surface area contributed by atoms with Crippen LogP contribution in [0.2, 0.25) is 0 Å². The van der Waals surface area contributed by atoms with Crippen LogP contribution in [-0.4, -0.2) is 35.3 Å². The third-order valence-corrected chi connectivity index (χ3v) is 6.50. The van der Waals surface area contributed by atoms with E-state index in [0.29, 0.717) is 24.1 Å². The van der Waals surface area contributed by atoms with Gasteiger partial charge in [0.2, 0.25) is 0 Å². The normalized spacial score (nSPS) is 12.5. The number of benzene rings is 2. The Balaban J connectivity index is 1.93. The number of nitrogens with zero attached hydrogens (tertiary/aromatic N) is 2. The Bertz CT molecular complexity index is 1310. The molecule has 1 N–H and O–H groups in total. The number of nitrogens with one attached hydrogen (secondary N) is 1. The molecule has 1 heterocycles. The van der Waals surface area contributed by atoms with Crippen molar-refractivity contribution in [3.05, 3.63) is 71.4 Å². The summed E-state index contributed by atoms with van der Waals surface area (Å²) in [5, 5.41) is 6.72. The summed E-state index contributed by atoms with van der Waals surface area (Å²) >= 11 is 0. The average molecular weight is 533 g/mol. The molecule has 1 aromatic heterocycles. The van der Waals surface area contributed by atoms with Crippen LogP contribution in [0.15, 0.2) is 54.7 Å². The predicted octanol–water partition coefficient (Wildman–Crippen LogP) is 5.90. The number of carbonyl (C=O) groups excluding carboxylic acids is 1. The van der Waals surface area contributed by atoms with Gasteiger partial charge >= 0.3 is 12.4 Å². The van der Waals surface area contributed by atoms with Crippen LogP contribution in [0.4, 0.5) is 32.0 Å². The van der Waals surface area contributed by atoms with E-state index in [1.165, 1.54) is 0 Å². The molecule has 0 bridgehead atoms. The van der Waals surface area contributed by atoms with Crippen molar-refractivity contribution < 1.29 is 39.6 Å². The standard InChI is InChI=1S/C23H21F6N3O3S/c1-2-3-20(33)15-6-10-19(11-7-15)30-12-17-13-32(36(34,35)14-22(24,25)26)31-21(17)16-4-8-18(9-5-16)23(27,28)29/h4-11,13,30H,2-3,12,14H2,1H3. The fourth-order valence-corrected chi connectivity index (χ4v) is 4.37. The number of halogens is 6. The van der Waals surface area contributed by atoms with Crippen LogP contribution in [0.25, 0.3) is 11.3 Å². The van der Waals surface area contributed by atoms with Gasteiger partial charge in [-0.05, 0) is 42.8 Å². The molecular formula is C23H21F6N3O3S. The van der Waals surface area contributed by atoms with Crippen LogP contribution < -0.4 is 5.32 Å². The van der Waals surface area contributed by atoms with E-state index < -0.39 is 33.7 Å². The predicted molar refractivity (Wildman–Crippen MR) is 121 cm³/mol. The van der Waals surface area contributed by atoms with Crippen molar-refractivity contribution in [2.45, 2.75) is 38.7 Å². The van der Waals surface area contributed by atoms with Gasteiger partial charge in [-0.2, -0.15) is 35.5 Å². The Labute approximate surface area is 203 Å². The Kier molecular flexibility index (Phi) is 7.82. The van der Waals surface area contributed by atoms with E-state index in [-0.39, 0.29) is 33.2 Å². The van der Waals surface area contributed by atoms with E-state index >= 15 is 0 Å². The van der Waals surface area contributed by atoms with Crippen LogP contribution in [-0.2, 0) is 22.7 Å². The second-order valence-electron chi connectivity index (χ2n) is 7.93. The first-order valence-electron chi connectivity index (χ1n) is 10.6. The molecule has 0 fully saturated rings. The number of rotatable bonds is 9. The van der Waals surface area contributed by atoms with E-state index in [9.17, 15) is 39.6 Å². The lowest BCUT2D eigenvalue weighted by atomic mass is 10.1. The van der Waals surface area contributed by atoms with Crippen molar-refractivity contribution in [1.29, 1.82) is 0 Å². The van der Waals surface area contributed by atoms with Crippen LogP contribution in [0, 0.1) is 0 Å². The number of alkyl halides is 6. The summed E-state index contributed by atoms with van der Waals surface area (Å²) < 4.78 is 102. The second-order valence-corrected chi connectivity index (χ2v) is 9.75. The van der Waals surface area contributed by atoms with Gasteiger partial charge in [-0.15, -0.1) is 0 Å². The number of aromatic nitrogens is 2. The zero-order chi connectivity index (χ0) is 26.7. The summed E-state index contributed by atoms with van der Waals surface area (Å²) in [6, 6.07) is 10.0. The Morgan fingerprint density at radius 3 is 2.11 bits per heavy atom. The SMILES string of the molecule is CCCC(=O)c1ccc(NCc2cn(S(=O)(=O)CC(F)(F)F)nc2-c2ccc(C(F)(F)F)cc2)cc1. The fraction of sp³-hybridized carbons (Fsp3) is 0.304. The van der Waals surface area contributed by atoms with Crippen LogP contribution in [0.3, 0.4) is 0 Å². The highest BCUT2D eigenvalue weighted by atomic mass is 32.2. The van der Waals surface area contributed by atoms with Gasteiger partial charge in [-0.1, -0.05) is 19.1 Å². The van der Waals surface area contributed by atoms with Crippen molar-refractivity contribution in [1.82, 2.24) is 9.19 Å². The van der Waals surface area contributed by atoms with Crippen molar-refractivity contribution in [3.63, 3.8) is 0 Å². The third kappa shape index (κ3) is 6.86. The van der Waals surface area contributed by atoms with Crippen LogP contribution >= 0.6 is 0 Å². The fourth-order valence-electron chi connectivity index (χ4n) is 3.33. The van der Waals surface area contributed by atoms with Crippen molar-refractivity contribution in [2.24, 2.45) is 0 Å². The Morgan fingerprint density at radius 2 is 1.58 bits per heavy atom. The molecule has 0 aliphatic rings. The number of Topliss-reactive ketones (excluding diaryl/α,β-unsaturated/α-hetero) is 1. The van der Waals surface area contributed by atoms with Crippen molar-refractivity contribution in [2.75, 3.05) is 11.1 Å². The highest BCUT2D eigenvalue weighted by molar-refractivity contribution is 7.89. The number of carbonyl (C=O) groups is 1. The lowest BCUT2D eigenvalue weighted by Crippen LogP contribution is -2.28. The van der Waals surface area contributed by atoms with Gasteiger partial charge in [-0.25, -0.2) is 8.42 Å². The van der Waals surface area contributed by atoms with E-state index in [1.807, 2.05) is 6.92 Å². The molecule has 0 atom stereocenters. The summed E-state index contributed by atoms with van der Waals surface area (Å²) in [6.45, 7) is 1.76. The monoisotopic (exact) mass is 533 g/mol. The molecule has 0 aliphatic heterocycles. The molecule has 0 unspecified atom stereocenters. The van der Waals surface area contributed by atoms with Crippen LogP contribution in [0.1, 0.15) is 41.3 Å². The van der Waals surface area contributed by atoms with Crippen molar-refractivity contribution >= 4 is 21.5 Å². The quantitative estimate of drug-likeness (QED) is 0.274. The van der Waals surface area contributed by atoms with E-state index in [0.717, 1.165) is 30.5 Å². The molecule has 3 aromatic rings. The van der Waals surface area contributed by atoms with E-state index in [4.69, 9.17) is 0 Å². The molecule has 36 heavy (non-hydrogen) atoms. The van der Waals surface area contributed by atoms with Gasteiger partial charge in [0.05, 0.1) is 11.3 Å². The number of hydrogen-bond donors (Lipinski definition) is 1. The van der Waals surface area contributed by atoms with Gasteiger partial charge < -0.3 is 5.32 Å². The molecular weight excluding hydrogens is 512 g/mol. The molecule has 0 saturated carbocycles. The first kappa shape index (κ1) is 27.2. The summed E-state index contributed by atoms with van der Waals surface area (Å²) in [5.74, 6) is -2.20. The molecule has 0 aliphatic carbocycles. The maximum Gasteiger partial charge on any atom is 0.416 e. The Hall–Kier alpha value is -3.35. The second kappa shape index (κ2) is 10.3. The maximum atomic E-state index is 12.9. The van der Waals surface area contributed by atoms with Gasteiger partial charge in [0.1, 0.15) is 0 Å². The first-order chi connectivity index (χ1) is 16.7. The molecule has 0 radical (unpaired) electrons. The number of ketones is 1.